The van der Waals surface area contributed by atoms with Gasteiger partial charge in [0.05, 0.1) is 17.4 Å². The van der Waals surface area contributed by atoms with Gasteiger partial charge in [-0.3, -0.25) is 4.79 Å². The number of nitrogens with two attached hydrogens (primary N) is 1. The quantitative estimate of drug-likeness (QED) is 0.706. The predicted octanol–water partition coefficient (Wildman–Crippen LogP) is 2.52. The molecule has 2 heterocycles. The number of para-hydroxylation sites is 1. The van der Waals surface area contributed by atoms with Crippen LogP contribution in [-0.4, -0.2) is 26.1 Å². The highest BCUT2D eigenvalue weighted by Gasteiger charge is 2.12. The Bertz CT molecular complexity index is 765. The van der Waals surface area contributed by atoms with Crippen molar-refractivity contribution in [2.45, 2.75) is 20.4 Å². The molecule has 0 bridgehead atoms. The molecule has 0 saturated carbocycles. The Balaban J connectivity index is 0.000000497. The van der Waals surface area contributed by atoms with Crippen molar-refractivity contribution in [3.05, 3.63) is 30.6 Å². The molecular formula is C15H18N4O2. The number of fused-ring (bicyclic) bond motifs is 3. The van der Waals surface area contributed by atoms with Crippen molar-refractivity contribution in [2.24, 2.45) is 5.92 Å². The van der Waals surface area contributed by atoms with E-state index in [-0.39, 0.29) is 6.47 Å². The first-order chi connectivity index (χ1) is 10.1. The molecule has 0 spiro atoms. The molecule has 0 saturated heterocycles. The Labute approximate surface area is 122 Å². The van der Waals surface area contributed by atoms with E-state index in [2.05, 4.69) is 34.4 Å². The fraction of sp³-hybridized carbons (Fsp3) is 0.267. The number of hydrogen-bond donors (Lipinski definition) is 2. The first-order valence-corrected chi connectivity index (χ1v) is 6.65. The summed E-state index contributed by atoms with van der Waals surface area (Å²) >= 11 is 0. The highest BCUT2D eigenvalue weighted by atomic mass is 16.3. The van der Waals surface area contributed by atoms with Crippen LogP contribution in [0.4, 0.5) is 5.82 Å². The molecule has 3 rings (SSSR count). The van der Waals surface area contributed by atoms with Crippen molar-refractivity contribution in [3.8, 4) is 0 Å². The van der Waals surface area contributed by atoms with Crippen LogP contribution in [0.25, 0.3) is 21.9 Å². The lowest BCUT2D eigenvalue weighted by atomic mass is 10.1. The molecule has 0 radical (unpaired) electrons. The highest BCUT2D eigenvalue weighted by Crippen LogP contribution is 2.27. The van der Waals surface area contributed by atoms with Crippen LogP contribution < -0.4 is 5.73 Å². The van der Waals surface area contributed by atoms with Crippen molar-refractivity contribution < 1.29 is 9.90 Å². The third kappa shape index (κ3) is 2.94. The Hall–Kier alpha value is -2.63. The minimum Gasteiger partial charge on any atom is -0.483 e. The van der Waals surface area contributed by atoms with E-state index >= 15 is 0 Å². The summed E-state index contributed by atoms with van der Waals surface area (Å²) in [5, 5.41) is 8.00. The zero-order valence-electron chi connectivity index (χ0n) is 12.0. The predicted molar refractivity (Wildman–Crippen MR) is 83.0 cm³/mol. The van der Waals surface area contributed by atoms with Crippen molar-refractivity contribution in [1.29, 1.82) is 0 Å². The summed E-state index contributed by atoms with van der Waals surface area (Å²) in [6, 6.07) is 8.05. The number of anilines is 1. The standard InChI is InChI=1S/C14H16N4.CH2O2/c1-9(2)7-18-8-16-12-13(18)10-5-3-4-6-11(10)17-14(12)15;2-1-3/h3-6,8-9H,7H2,1-2H3,(H2,15,17);1H,(H,2,3). The molecule has 0 aliphatic rings. The largest absolute Gasteiger partial charge is 0.483 e. The number of nitrogens with zero attached hydrogens (tertiary/aromatic N) is 3. The normalized spacial score (nSPS) is 10.6. The number of carboxylic acid groups (broad SMARTS) is 1. The number of pyridine rings is 1. The number of aromatic nitrogens is 3. The molecule has 0 aliphatic carbocycles. The Morgan fingerprint density at radius 3 is 2.71 bits per heavy atom. The lowest BCUT2D eigenvalue weighted by Crippen LogP contribution is -2.03. The molecule has 21 heavy (non-hydrogen) atoms. The molecule has 0 atom stereocenters. The SMILES string of the molecule is CC(C)Cn1cnc2c(N)nc3ccccc3c21.O=CO. The van der Waals surface area contributed by atoms with Crippen LogP contribution in [0.2, 0.25) is 0 Å². The Morgan fingerprint density at radius 1 is 1.38 bits per heavy atom. The summed E-state index contributed by atoms with van der Waals surface area (Å²) in [5.41, 5.74) is 8.79. The second-order valence-electron chi connectivity index (χ2n) is 5.11. The van der Waals surface area contributed by atoms with Crippen LogP contribution in [0.5, 0.6) is 0 Å². The fourth-order valence-electron chi connectivity index (χ4n) is 2.34. The van der Waals surface area contributed by atoms with Gasteiger partial charge in [-0.2, -0.15) is 0 Å². The van der Waals surface area contributed by atoms with E-state index in [0.29, 0.717) is 11.7 Å². The smallest absolute Gasteiger partial charge is 0.290 e. The molecule has 2 aromatic heterocycles. The van der Waals surface area contributed by atoms with E-state index in [0.717, 1.165) is 28.5 Å². The monoisotopic (exact) mass is 286 g/mol. The average molecular weight is 286 g/mol. The lowest BCUT2D eigenvalue weighted by molar-refractivity contribution is -0.122. The summed E-state index contributed by atoms with van der Waals surface area (Å²) in [4.78, 5) is 17.2. The summed E-state index contributed by atoms with van der Waals surface area (Å²) in [5.74, 6) is 1.07. The minimum atomic E-state index is -0.250. The molecule has 0 amide bonds. The summed E-state index contributed by atoms with van der Waals surface area (Å²) in [6.45, 7) is 5.07. The second kappa shape index (κ2) is 6.21. The van der Waals surface area contributed by atoms with Gasteiger partial charge in [0.2, 0.25) is 0 Å². The van der Waals surface area contributed by atoms with Gasteiger partial charge in [0.25, 0.3) is 6.47 Å². The lowest BCUT2D eigenvalue weighted by Gasteiger charge is -2.09. The van der Waals surface area contributed by atoms with Gasteiger partial charge in [-0.25, -0.2) is 9.97 Å². The van der Waals surface area contributed by atoms with Crippen LogP contribution in [-0.2, 0) is 11.3 Å². The zero-order valence-corrected chi connectivity index (χ0v) is 12.0. The maximum absolute atomic E-state index is 8.36. The van der Waals surface area contributed by atoms with Crippen molar-refractivity contribution in [1.82, 2.24) is 14.5 Å². The maximum atomic E-state index is 8.36. The summed E-state index contributed by atoms with van der Waals surface area (Å²) in [6.07, 6.45) is 1.86. The topological polar surface area (TPSA) is 94.0 Å². The van der Waals surface area contributed by atoms with Crippen LogP contribution in [0.1, 0.15) is 13.8 Å². The van der Waals surface area contributed by atoms with E-state index in [1.807, 2.05) is 24.5 Å². The summed E-state index contributed by atoms with van der Waals surface area (Å²) < 4.78 is 2.17. The van der Waals surface area contributed by atoms with Gasteiger partial charge in [0.1, 0.15) is 5.52 Å². The van der Waals surface area contributed by atoms with Crippen molar-refractivity contribution in [2.75, 3.05) is 5.73 Å². The molecule has 3 N–H and O–H groups in total. The molecule has 0 aliphatic heterocycles. The van der Waals surface area contributed by atoms with Crippen LogP contribution in [0.15, 0.2) is 30.6 Å². The average Bonchev–Trinajstić information content (AvgIpc) is 2.84. The fourth-order valence-corrected chi connectivity index (χ4v) is 2.34. The van der Waals surface area contributed by atoms with E-state index in [1.165, 1.54) is 0 Å². The molecule has 1 aromatic carbocycles. The first-order valence-electron chi connectivity index (χ1n) is 6.65. The zero-order chi connectivity index (χ0) is 15.4. The maximum Gasteiger partial charge on any atom is 0.290 e. The van der Waals surface area contributed by atoms with Gasteiger partial charge in [-0.05, 0) is 12.0 Å². The van der Waals surface area contributed by atoms with Gasteiger partial charge in [0, 0.05) is 11.9 Å². The van der Waals surface area contributed by atoms with Gasteiger partial charge in [-0.1, -0.05) is 32.0 Å². The number of imidazole rings is 1. The molecule has 0 unspecified atom stereocenters. The van der Waals surface area contributed by atoms with Crippen LogP contribution >= 0.6 is 0 Å². The summed E-state index contributed by atoms with van der Waals surface area (Å²) in [7, 11) is 0. The molecule has 0 fully saturated rings. The third-order valence-electron chi connectivity index (χ3n) is 3.04. The number of rotatable bonds is 2. The number of hydrogen-bond acceptors (Lipinski definition) is 4. The third-order valence-corrected chi connectivity index (χ3v) is 3.04. The Morgan fingerprint density at radius 2 is 2.05 bits per heavy atom. The van der Waals surface area contributed by atoms with E-state index in [4.69, 9.17) is 15.6 Å². The van der Waals surface area contributed by atoms with Crippen LogP contribution in [0, 0.1) is 5.92 Å². The first kappa shape index (κ1) is 14.8. The number of nitrogen functional groups attached to an aromatic ring is 1. The molecule has 3 aromatic rings. The van der Waals surface area contributed by atoms with Gasteiger partial charge in [-0.15, -0.1) is 0 Å². The molecule has 110 valence electrons. The van der Waals surface area contributed by atoms with E-state index in [9.17, 15) is 0 Å². The van der Waals surface area contributed by atoms with Gasteiger partial charge < -0.3 is 15.4 Å². The Kier molecular flexibility index (Phi) is 4.37. The second-order valence-corrected chi connectivity index (χ2v) is 5.11. The minimum absolute atomic E-state index is 0.250. The number of carbonyl (C=O) groups is 1. The van der Waals surface area contributed by atoms with Gasteiger partial charge >= 0.3 is 0 Å². The molecular weight excluding hydrogens is 268 g/mol. The van der Waals surface area contributed by atoms with Crippen molar-refractivity contribution >= 4 is 34.2 Å². The highest BCUT2D eigenvalue weighted by molar-refractivity contribution is 6.06. The number of benzene rings is 1. The van der Waals surface area contributed by atoms with E-state index in [1.54, 1.807) is 0 Å². The van der Waals surface area contributed by atoms with E-state index < -0.39 is 0 Å². The van der Waals surface area contributed by atoms with Crippen molar-refractivity contribution in [3.63, 3.8) is 0 Å². The van der Waals surface area contributed by atoms with Gasteiger partial charge in [0.15, 0.2) is 5.82 Å². The molecule has 6 heteroatoms. The molecule has 6 nitrogen and oxygen atoms in total. The van der Waals surface area contributed by atoms with Crippen LogP contribution in [0.3, 0.4) is 0 Å².